The Morgan fingerprint density at radius 3 is 2.47 bits per heavy atom. The molecule has 88 valence electrons. The van der Waals surface area contributed by atoms with Gasteiger partial charge in [-0.2, -0.15) is 0 Å². The van der Waals surface area contributed by atoms with E-state index in [0.29, 0.717) is 5.76 Å². The molecule has 1 aromatic heterocycles. The van der Waals surface area contributed by atoms with Gasteiger partial charge in [-0.25, -0.2) is 0 Å². The molecule has 2 aromatic rings. The average Bonchev–Trinajstić information content (AvgIpc) is 2.76. The van der Waals surface area contributed by atoms with E-state index in [0.717, 1.165) is 12.2 Å². The van der Waals surface area contributed by atoms with Crippen LogP contribution in [0.1, 0.15) is 28.8 Å². The van der Waals surface area contributed by atoms with E-state index in [2.05, 4.69) is 0 Å². The fraction of sp³-hybridized carbons (Fsp3) is 0.267. The summed E-state index contributed by atoms with van der Waals surface area (Å²) in [4.78, 5) is 12.1. The van der Waals surface area contributed by atoms with Crippen molar-refractivity contribution < 1.29 is 9.21 Å². The van der Waals surface area contributed by atoms with Crippen LogP contribution in [0.3, 0.4) is 0 Å². The maximum absolute atomic E-state index is 12.1. The molecule has 1 heterocycles. The molecule has 0 fully saturated rings. The topological polar surface area (TPSA) is 30.2 Å². The van der Waals surface area contributed by atoms with Crippen LogP contribution in [0.2, 0.25) is 0 Å². The summed E-state index contributed by atoms with van der Waals surface area (Å²) in [6.45, 7) is 3.78. The molecule has 17 heavy (non-hydrogen) atoms. The van der Waals surface area contributed by atoms with Crippen molar-refractivity contribution in [3.8, 4) is 0 Å². The van der Waals surface area contributed by atoms with Crippen LogP contribution in [0.25, 0.3) is 0 Å². The van der Waals surface area contributed by atoms with Crippen molar-refractivity contribution in [2.24, 2.45) is 5.92 Å². The summed E-state index contributed by atoms with van der Waals surface area (Å²) < 4.78 is 5.35. The van der Waals surface area contributed by atoms with E-state index >= 15 is 0 Å². The molecule has 0 N–H and O–H groups in total. The maximum atomic E-state index is 12.1. The van der Waals surface area contributed by atoms with Gasteiger partial charge >= 0.3 is 0 Å². The van der Waals surface area contributed by atoms with Gasteiger partial charge in [0.2, 0.25) is 5.78 Å². The first-order chi connectivity index (χ1) is 8.16. The normalized spacial score (nSPS) is 12.4. The molecular formula is C15H16O2. The van der Waals surface area contributed by atoms with Gasteiger partial charge in [0.05, 0.1) is 0 Å². The Morgan fingerprint density at radius 1 is 1.18 bits per heavy atom. The lowest BCUT2D eigenvalue weighted by molar-refractivity contribution is 0.0900. The molecule has 1 unspecified atom stereocenters. The summed E-state index contributed by atoms with van der Waals surface area (Å²) in [6, 6.07) is 13.6. The minimum absolute atomic E-state index is 0.0528. The highest BCUT2D eigenvalue weighted by molar-refractivity contribution is 5.95. The number of ketones is 1. The number of benzene rings is 1. The van der Waals surface area contributed by atoms with Crippen LogP contribution in [0.5, 0.6) is 0 Å². The van der Waals surface area contributed by atoms with Crippen molar-refractivity contribution in [1.29, 1.82) is 0 Å². The Balaban J connectivity index is 2.06. The molecule has 2 nitrogen and oxygen atoms in total. The molecule has 0 radical (unpaired) electrons. The van der Waals surface area contributed by atoms with E-state index in [-0.39, 0.29) is 11.7 Å². The zero-order valence-corrected chi connectivity index (χ0v) is 10.1. The lowest BCUT2D eigenvalue weighted by Crippen LogP contribution is -2.13. The fourth-order valence-corrected chi connectivity index (χ4v) is 1.87. The summed E-state index contributed by atoms with van der Waals surface area (Å²) in [5, 5.41) is 0. The van der Waals surface area contributed by atoms with Gasteiger partial charge in [0.15, 0.2) is 5.76 Å². The summed E-state index contributed by atoms with van der Waals surface area (Å²) in [5.41, 5.74) is 1.18. The summed E-state index contributed by atoms with van der Waals surface area (Å²) >= 11 is 0. The Kier molecular flexibility index (Phi) is 3.43. The van der Waals surface area contributed by atoms with Crippen LogP contribution in [0, 0.1) is 12.8 Å². The van der Waals surface area contributed by atoms with Gasteiger partial charge in [-0.1, -0.05) is 37.3 Å². The minimum atomic E-state index is -0.0528. The molecular weight excluding hydrogens is 212 g/mol. The summed E-state index contributed by atoms with van der Waals surface area (Å²) in [6.07, 6.45) is 0.749. The molecule has 0 amide bonds. The molecule has 2 heteroatoms. The first kappa shape index (κ1) is 11.6. The Labute approximate surface area is 101 Å². The third-order valence-corrected chi connectivity index (χ3v) is 2.82. The van der Waals surface area contributed by atoms with Crippen LogP contribution in [0.4, 0.5) is 0 Å². The predicted molar refractivity (Wildman–Crippen MR) is 67.1 cm³/mol. The van der Waals surface area contributed by atoms with E-state index in [9.17, 15) is 4.79 Å². The largest absolute Gasteiger partial charge is 0.458 e. The number of carbonyl (C=O) groups excluding carboxylic acids is 1. The van der Waals surface area contributed by atoms with E-state index in [1.165, 1.54) is 5.56 Å². The van der Waals surface area contributed by atoms with Crippen LogP contribution in [-0.4, -0.2) is 5.78 Å². The van der Waals surface area contributed by atoms with Crippen LogP contribution >= 0.6 is 0 Å². The molecule has 2 rings (SSSR count). The quantitative estimate of drug-likeness (QED) is 0.748. The molecule has 0 saturated heterocycles. The van der Waals surface area contributed by atoms with E-state index in [4.69, 9.17) is 4.42 Å². The van der Waals surface area contributed by atoms with Gasteiger partial charge in [0.25, 0.3) is 0 Å². The smallest absolute Gasteiger partial charge is 0.201 e. The highest BCUT2D eigenvalue weighted by Gasteiger charge is 2.18. The second-order valence-electron chi connectivity index (χ2n) is 4.37. The molecule has 1 aromatic carbocycles. The van der Waals surface area contributed by atoms with Crippen LogP contribution in [-0.2, 0) is 6.42 Å². The fourth-order valence-electron chi connectivity index (χ4n) is 1.87. The molecule has 0 spiro atoms. The molecule has 0 aliphatic rings. The van der Waals surface area contributed by atoms with Crippen molar-refractivity contribution in [3.63, 3.8) is 0 Å². The predicted octanol–water partition coefficient (Wildman–Crippen LogP) is 3.65. The average molecular weight is 228 g/mol. The lowest BCUT2D eigenvalue weighted by atomic mass is 9.96. The highest BCUT2D eigenvalue weighted by Crippen LogP contribution is 2.16. The molecule has 0 saturated carbocycles. The van der Waals surface area contributed by atoms with Crippen molar-refractivity contribution in [1.82, 2.24) is 0 Å². The van der Waals surface area contributed by atoms with Crippen LogP contribution < -0.4 is 0 Å². The zero-order valence-electron chi connectivity index (χ0n) is 10.1. The Hall–Kier alpha value is -1.83. The zero-order chi connectivity index (χ0) is 12.3. The third-order valence-electron chi connectivity index (χ3n) is 2.82. The SMILES string of the molecule is Cc1ccc(C(=O)C(C)Cc2ccccc2)o1. The number of Topliss-reactive ketones (excluding diaryl/α,β-unsaturated/α-hetero) is 1. The first-order valence-electron chi connectivity index (χ1n) is 5.81. The third kappa shape index (κ3) is 2.84. The van der Waals surface area contributed by atoms with Gasteiger partial charge < -0.3 is 4.42 Å². The highest BCUT2D eigenvalue weighted by atomic mass is 16.3. The van der Waals surface area contributed by atoms with Crippen molar-refractivity contribution in [2.45, 2.75) is 20.3 Å². The van der Waals surface area contributed by atoms with E-state index in [1.807, 2.05) is 50.2 Å². The number of carbonyl (C=O) groups is 1. The Morgan fingerprint density at radius 2 is 1.88 bits per heavy atom. The summed E-state index contributed by atoms with van der Waals surface area (Å²) in [5.74, 6) is 1.26. The van der Waals surface area contributed by atoms with Crippen molar-refractivity contribution >= 4 is 5.78 Å². The number of rotatable bonds is 4. The minimum Gasteiger partial charge on any atom is -0.458 e. The van der Waals surface area contributed by atoms with Gasteiger partial charge in [0, 0.05) is 5.92 Å². The lowest BCUT2D eigenvalue weighted by Gasteiger charge is -2.08. The monoisotopic (exact) mass is 228 g/mol. The number of hydrogen-bond acceptors (Lipinski definition) is 2. The van der Waals surface area contributed by atoms with E-state index < -0.39 is 0 Å². The van der Waals surface area contributed by atoms with Gasteiger partial charge in [-0.15, -0.1) is 0 Å². The molecule has 0 aliphatic heterocycles. The maximum Gasteiger partial charge on any atom is 0.201 e. The summed E-state index contributed by atoms with van der Waals surface area (Å²) in [7, 11) is 0. The van der Waals surface area contributed by atoms with Crippen molar-refractivity contribution in [3.05, 3.63) is 59.5 Å². The standard InChI is InChI=1S/C15H16O2/c1-11(10-13-6-4-3-5-7-13)15(16)14-9-8-12(2)17-14/h3-9,11H,10H2,1-2H3. The van der Waals surface area contributed by atoms with Gasteiger partial charge in [-0.05, 0) is 31.0 Å². The van der Waals surface area contributed by atoms with Gasteiger partial charge in [-0.3, -0.25) is 4.79 Å². The molecule has 1 atom stereocenters. The number of furan rings is 1. The van der Waals surface area contributed by atoms with Crippen LogP contribution in [0.15, 0.2) is 46.9 Å². The number of aryl methyl sites for hydroxylation is 1. The van der Waals surface area contributed by atoms with Gasteiger partial charge in [0.1, 0.15) is 5.76 Å². The second-order valence-corrected chi connectivity index (χ2v) is 4.37. The molecule has 0 bridgehead atoms. The first-order valence-corrected chi connectivity index (χ1v) is 5.81. The van der Waals surface area contributed by atoms with E-state index in [1.54, 1.807) is 6.07 Å². The second kappa shape index (κ2) is 5.00. The Bertz CT molecular complexity index is 497. The number of hydrogen-bond donors (Lipinski definition) is 0. The molecule has 0 aliphatic carbocycles. The van der Waals surface area contributed by atoms with Crippen molar-refractivity contribution in [2.75, 3.05) is 0 Å².